The molecule has 1 aromatic rings. The Kier molecular flexibility index (Phi) is 6.02. The maximum atomic E-state index is 12.0. The third kappa shape index (κ3) is 4.85. The third-order valence-electron chi connectivity index (χ3n) is 3.17. The molecule has 0 saturated heterocycles. The summed E-state index contributed by atoms with van der Waals surface area (Å²) >= 11 is 0. The second-order valence-corrected chi connectivity index (χ2v) is 5.95. The van der Waals surface area contributed by atoms with E-state index in [1.807, 2.05) is 31.3 Å². The monoisotopic (exact) mass is 278 g/mol. The van der Waals surface area contributed by atoms with Crippen LogP contribution in [0.1, 0.15) is 26.3 Å². The van der Waals surface area contributed by atoms with Crippen LogP contribution in [0.4, 0.5) is 0 Å². The van der Waals surface area contributed by atoms with E-state index in [1.54, 1.807) is 11.9 Å². The van der Waals surface area contributed by atoms with E-state index < -0.39 is 0 Å². The standard InChI is InChI=1S/C16H26N2O2/c1-16(2,3)13-8-6-7-9-14(13)20-12-15(19)18(5)11-10-17-4/h6-9,17H,10-12H2,1-5H3. The number of para-hydroxylation sites is 1. The second kappa shape index (κ2) is 7.29. The quantitative estimate of drug-likeness (QED) is 0.866. The molecule has 0 bridgehead atoms. The van der Waals surface area contributed by atoms with Crippen molar-refractivity contribution in [2.45, 2.75) is 26.2 Å². The Balaban J connectivity index is 2.64. The predicted molar refractivity (Wildman–Crippen MR) is 82.2 cm³/mol. The van der Waals surface area contributed by atoms with E-state index in [4.69, 9.17) is 4.74 Å². The molecular weight excluding hydrogens is 252 g/mol. The van der Waals surface area contributed by atoms with Gasteiger partial charge in [-0.25, -0.2) is 0 Å². The van der Waals surface area contributed by atoms with Gasteiger partial charge in [0.05, 0.1) is 0 Å². The molecule has 1 amide bonds. The highest BCUT2D eigenvalue weighted by molar-refractivity contribution is 5.77. The normalized spacial score (nSPS) is 11.2. The predicted octanol–water partition coefficient (Wildman–Crippen LogP) is 2.04. The highest BCUT2D eigenvalue weighted by atomic mass is 16.5. The van der Waals surface area contributed by atoms with Gasteiger partial charge in [-0.15, -0.1) is 0 Å². The fourth-order valence-corrected chi connectivity index (χ4v) is 1.87. The Bertz CT molecular complexity index is 438. The number of amides is 1. The van der Waals surface area contributed by atoms with Crippen molar-refractivity contribution in [1.82, 2.24) is 10.2 Å². The first-order valence-corrected chi connectivity index (χ1v) is 6.97. The van der Waals surface area contributed by atoms with Crippen molar-refractivity contribution in [3.8, 4) is 5.75 Å². The summed E-state index contributed by atoms with van der Waals surface area (Å²) in [6, 6.07) is 7.89. The lowest BCUT2D eigenvalue weighted by molar-refractivity contribution is -0.132. The first kappa shape index (κ1) is 16.5. The van der Waals surface area contributed by atoms with Gasteiger partial charge in [0.2, 0.25) is 0 Å². The molecule has 0 spiro atoms. The van der Waals surface area contributed by atoms with Gasteiger partial charge in [0.1, 0.15) is 5.75 Å². The first-order valence-electron chi connectivity index (χ1n) is 6.97. The molecule has 0 aromatic heterocycles. The van der Waals surface area contributed by atoms with Gasteiger partial charge in [0.15, 0.2) is 6.61 Å². The molecule has 1 aromatic carbocycles. The SMILES string of the molecule is CNCCN(C)C(=O)COc1ccccc1C(C)(C)C. The zero-order chi connectivity index (χ0) is 15.2. The van der Waals surface area contributed by atoms with E-state index >= 15 is 0 Å². The van der Waals surface area contributed by atoms with Crippen LogP contribution >= 0.6 is 0 Å². The lowest BCUT2D eigenvalue weighted by atomic mass is 9.86. The molecule has 0 aliphatic carbocycles. The lowest BCUT2D eigenvalue weighted by Crippen LogP contribution is -2.36. The van der Waals surface area contributed by atoms with Crippen molar-refractivity contribution >= 4 is 5.91 Å². The number of benzene rings is 1. The minimum atomic E-state index is -0.0102. The molecule has 20 heavy (non-hydrogen) atoms. The van der Waals surface area contributed by atoms with Crippen LogP contribution in [0.2, 0.25) is 0 Å². The van der Waals surface area contributed by atoms with Crippen LogP contribution in [0.5, 0.6) is 5.75 Å². The number of nitrogens with zero attached hydrogens (tertiary/aromatic N) is 1. The molecular formula is C16H26N2O2. The Labute approximate surface area is 122 Å². The highest BCUT2D eigenvalue weighted by Gasteiger charge is 2.19. The average Bonchev–Trinajstić information content (AvgIpc) is 2.41. The van der Waals surface area contributed by atoms with E-state index in [9.17, 15) is 4.79 Å². The van der Waals surface area contributed by atoms with Gasteiger partial charge in [0, 0.05) is 20.1 Å². The van der Waals surface area contributed by atoms with E-state index in [1.165, 1.54) is 0 Å². The van der Waals surface area contributed by atoms with Crippen LogP contribution in [-0.2, 0) is 10.2 Å². The van der Waals surface area contributed by atoms with E-state index in [0.717, 1.165) is 17.9 Å². The minimum Gasteiger partial charge on any atom is -0.483 e. The van der Waals surface area contributed by atoms with Gasteiger partial charge in [-0.05, 0) is 24.1 Å². The number of likely N-dealkylation sites (N-methyl/N-ethyl adjacent to an activating group) is 2. The van der Waals surface area contributed by atoms with Crippen molar-refractivity contribution in [2.24, 2.45) is 0 Å². The van der Waals surface area contributed by atoms with Gasteiger partial charge >= 0.3 is 0 Å². The Morgan fingerprint density at radius 1 is 1.30 bits per heavy atom. The zero-order valence-corrected chi connectivity index (χ0v) is 13.2. The van der Waals surface area contributed by atoms with Crippen molar-refractivity contribution in [3.05, 3.63) is 29.8 Å². The number of ether oxygens (including phenoxy) is 1. The van der Waals surface area contributed by atoms with Crippen LogP contribution in [0.25, 0.3) is 0 Å². The summed E-state index contributed by atoms with van der Waals surface area (Å²) in [5.41, 5.74) is 1.11. The van der Waals surface area contributed by atoms with Gasteiger partial charge < -0.3 is 15.0 Å². The molecule has 4 nitrogen and oxygen atoms in total. The fourth-order valence-electron chi connectivity index (χ4n) is 1.87. The molecule has 0 aliphatic rings. The lowest BCUT2D eigenvalue weighted by Gasteiger charge is -2.23. The number of hydrogen-bond donors (Lipinski definition) is 1. The molecule has 112 valence electrons. The largest absolute Gasteiger partial charge is 0.483 e. The molecule has 0 fully saturated rings. The minimum absolute atomic E-state index is 0.00231. The molecule has 0 heterocycles. The molecule has 0 unspecified atom stereocenters. The summed E-state index contributed by atoms with van der Waals surface area (Å²) in [5.74, 6) is 0.777. The number of nitrogens with one attached hydrogen (secondary N) is 1. The first-order chi connectivity index (χ1) is 9.36. The molecule has 0 aliphatic heterocycles. The van der Waals surface area contributed by atoms with Gasteiger partial charge in [-0.2, -0.15) is 0 Å². The number of rotatable bonds is 6. The molecule has 1 N–H and O–H groups in total. The van der Waals surface area contributed by atoms with Crippen LogP contribution in [0.15, 0.2) is 24.3 Å². The zero-order valence-electron chi connectivity index (χ0n) is 13.2. The summed E-state index contributed by atoms with van der Waals surface area (Å²) < 4.78 is 5.71. The fraction of sp³-hybridized carbons (Fsp3) is 0.562. The van der Waals surface area contributed by atoms with Crippen LogP contribution in [-0.4, -0.2) is 44.6 Å². The maximum Gasteiger partial charge on any atom is 0.260 e. The van der Waals surface area contributed by atoms with Crippen LogP contribution in [0, 0.1) is 0 Å². The summed E-state index contributed by atoms with van der Waals surface area (Å²) in [6.07, 6.45) is 0. The van der Waals surface area contributed by atoms with Crippen molar-refractivity contribution < 1.29 is 9.53 Å². The van der Waals surface area contributed by atoms with E-state index in [2.05, 4.69) is 26.1 Å². The maximum absolute atomic E-state index is 12.0. The Hall–Kier alpha value is -1.55. The molecule has 1 rings (SSSR count). The molecule has 0 atom stereocenters. The van der Waals surface area contributed by atoms with Crippen LogP contribution < -0.4 is 10.1 Å². The van der Waals surface area contributed by atoms with E-state index in [-0.39, 0.29) is 17.9 Å². The Morgan fingerprint density at radius 2 is 1.95 bits per heavy atom. The molecule has 0 radical (unpaired) electrons. The topological polar surface area (TPSA) is 41.6 Å². The van der Waals surface area contributed by atoms with Crippen LogP contribution in [0.3, 0.4) is 0 Å². The van der Waals surface area contributed by atoms with Crippen molar-refractivity contribution in [3.63, 3.8) is 0 Å². The van der Waals surface area contributed by atoms with Gasteiger partial charge in [-0.1, -0.05) is 39.0 Å². The summed E-state index contributed by atoms with van der Waals surface area (Å²) in [6.45, 7) is 7.94. The number of carbonyl (C=O) groups is 1. The molecule has 0 saturated carbocycles. The number of carbonyl (C=O) groups excluding carboxylic acids is 1. The summed E-state index contributed by atoms with van der Waals surface area (Å²) in [7, 11) is 3.66. The smallest absolute Gasteiger partial charge is 0.260 e. The van der Waals surface area contributed by atoms with Crippen molar-refractivity contribution in [1.29, 1.82) is 0 Å². The summed E-state index contributed by atoms with van der Waals surface area (Å²) in [4.78, 5) is 13.6. The van der Waals surface area contributed by atoms with E-state index in [0.29, 0.717) is 6.54 Å². The third-order valence-corrected chi connectivity index (χ3v) is 3.17. The van der Waals surface area contributed by atoms with Crippen molar-refractivity contribution in [2.75, 3.05) is 33.8 Å². The number of hydrogen-bond acceptors (Lipinski definition) is 3. The van der Waals surface area contributed by atoms with Gasteiger partial charge in [-0.3, -0.25) is 4.79 Å². The highest BCUT2D eigenvalue weighted by Crippen LogP contribution is 2.30. The summed E-state index contributed by atoms with van der Waals surface area (Å²) in [5, 5.41) is 3.02. The Morgan fingerprint density at radius 3 is 2.55 bits per heavy atom. The van der Waals surface area contributed by atoms with Gasteiger partial charge in [0.25, 0.3) is 5.91 Å². The molecule has 4 heteroatoms. The second-order valence-electron chi connectivity index (χ2n) is 5.95. The average molecular weight is 278 g/mol.